The second-order valence-corrected chi connectivity index (χ2v) is 10.3. The summed E-state index contributed by atoms with van der Waals surface area (Å²) in [5, 5.41) is 7.21. The summed E-state index contributed by atoms with van der Waals surface area (Å²) in [5.74, 6) is -2.45. The van der Waals surface area contributed by atoms with E-state index < -0.39 is 12.0 Å². The Kier molecular flexibility index (Phi) is 6.39. The number of nitrogens with zero attached hydrogens (tertiary/aromatic N) is 4. The summed E-state index contributed by atoms with van der Waals surface area (Å²) >= 11 is 18.8. The first-order valence-corrected chi connectivity index (χ1v) is 12.3. The normalized spacial score (nSPS) is 22.1. The molecule has 0 radical (unpaired) electrons. The van der Waals surface area contributed by atoms with Crippen LogP contribution in [0.1, 0.15) is 44.6 Å². The average molecular weight is 545 g/mol. The van der Waals surface area contributed by atoms with Gasteiger partial charge in [0.25, 0.3) is 5.92 Å². The van der Waals surface area contributed by atoms with Crippen LogP contribution in [0.3, 0.4) is 0 Å². The summed E-state index contributed by atoms with van der Waals surface area (Å²) in [6, 6.07) is 2.70. The second-order valence-electron chi connectivity index (χ2n) is 9.09. The van der Waals surface area contributed by atoms with Crippen LogP contribution in [-0.2, 0) is 4.79 Å². The first-order valence-electron chi connectivity index (χ1n) is 11.2. The van der Waals surface area contributed by atoms with Gasteiger partial charge in [-0.15, -0.1) is 0 Å². The van der Waals surface area contributed by atoms with Gasteiger partial charge < -0.3 is 16.4 Å². The van der Waals surface area contributed by atoms with E-state index in [4.69, 9.17) is 40.5 Å². The second kappa shape index (κ2) is 9.22. The number of rotatable bonds is 6. The van der Waals surface area contributed by atoms with Gasteiger partial charge in [0, 0.05) is 35.9 Å². The van der Waals surface area contributed by atoms with Crippen molar-refractivity contribution in [3.8, 4) is 0 Å². The molecule has 0 bridgehead atoms. The predicted octanol–water partition coefficient (Wildman–Crippen LogP) is 5.96. The molecule has 0 saturated heterocycles. The molecule has 1 aromatic carbocycles. The topological polar surface area (TPSA) is 111 Å². The van der Waals surface area contributed by atoms with Crippen LogP contribution in [0.2, 0.25) is 15.1 Å². The maximum absolute atomic E-state index is 13.3. The van der Waals surface area contributed by atoms with Gasteiger partial charge in [0.2, 0.25) is 17.8 Å². The van der Waals surface area contributed by atoms with Crippen LogP contribution in [0.15, 0.2) is 18.3 Å². The standard InChI is InChI=1S/C22H22Cl3F2N7O/c23-11-5-14(24)17(15(25)6-11)32-21-31-16-9-29-20(30-12-7-22(26,27)8-12)33-19(16)34(21)13-3-1-10(2-4-13)18(28)35/h5-6,9-10,12-13H,1-4,7-8H2,(H2,28,35)(H,31,32)(H,29,30,33). The lowest BCUT2D eigenvalue weighted by Gasteiger charge is -2.35. The highest BCUT2D eigenvalue weighted by Crippen LogP contribution is 2.41. The molecule has 186 valence electrons. The molecule has 35 heavy (non-hydrogen) atoms. The predicted molar refractivity (Wildman–Crippen MR) is 132 cm³/mol. The number of anilines is 3. The minimum absolute atomic E-state index is 0.0428. The van der Waals surface area contributed by atoms with Crippen molar-refractivity contribution in [2.24, 2.45) is 11.7 Å². The molecule has 2 aromatic heterocycles. The summed E-state index contributed by atoms with van der Waals surface area (Å²) in [5.41, 5.74) is 6.98. The number of hydrogen-bond acceptors (Lipinski definition) is 6. The van der Waals surface area contributed by atoms with Crippen molar-refractivity contribution < 1.29 is 13.6 Å². The summed E-state index contributed by atoms with van der Waals surface area (Å²) in [7, 11) is 0. The Morgan fingerprint density at radius 3 is 2.34 bits per heavy atom. The third-order valence-electron chi connectivity index (χ3n) is 6.56. The van der Waals surface area contributed by atoms with Crippen LogP contribution >= 0.6 is 34.8 Å². The summed E-state index contributed by atoms with van der Waals surface area (Å²) < 4.78 is 28.5. The lowest BCUT2D eigenvalue weighted by Crippen LogP contribution is -2.44. The molecule has 1 amide bonds. The van der Waals surface area contributed by atoms with E-state index in [0.29, 0.717) is 63.6 Å². The van der Waals surface area contributed by atoms with Crippen molar-refractivity contribution in [1.82, 2.24) is 19.5 Å². The molecule has 2 aliphatic carbocycles. The van der Waals surface area contributed by atoms with E-state index in [1.165, 1.54) is 0 Å². The van der Waals surface area contributed by atoms with Crippen molar-refractivity contribution in [2.45, 2.75) is 56.5 Å². The molecule has 2 saturated carbocycles. The Balaban J connectivity index is 1.51. The molecule has 2 heterocycles. The van der Waals surface area contributed by atoms with Crippen molar-refractivity contribution in [1.29, 1.82) is 0 Å². The van der Waals surface area contributed by atoms with E-state index in [-0.39, 0.29) is 36.7 Å². The minimum atomic E-state index is -2.66. The van der Waals surface area contributed by atoms with Gasteiger partial charge in [0.05, 0.1) is 21.9 Å². The zero-order valence-electron chi connectivity index (χ0n) is 18.4. The summed E-state index contributed by atoms with van der Waals surface area (Å²) in [4.78, 5) is 25.2. The number of fused-ring (bicyclic) bond motifs is 1. The zero-order valence-corrected chi connectivity index (χ0v) is 20.6. The van der Waals surface area contributed by atoms with Gasteiger partial charge in [-0.25, -0.2) is 18.7 Å². The number of benzene rings is 1. The molecule has 0 spiro atoms. The molecule has 13 heteroatoms. The van der Waals surface area contributed by atoms with Crippen LogP contribution in [0, 0.1) is 5.92 Å². The maximum Gasteiger partial charge on any atom is 0.252 e. The quantitative estimate of drug-likeness (QED) is 0.353. The fourth-order valence-corrected chi connectivity index (χ4v) is 5.64. The Morgan fingerprint density at radius 2 is 1.74 bits per heavy atom. The van der Waals surface area contributed by atoms with Crippen LogP contribution in [0.5, 0.6) is 0 Å². The van der Waals surface area contributed by atoms with Gasteiger partial charge in [0.1, 0.15) is 5.52 Å². The monoisotopic (exact) mass is 543 g/mol. The number of aromatic nitrogens is 4. The first kappa shape index (κ1) is 24.3. The van der Waals surface area contributed by atoms with Crippen molar-refractivity contribution in [2.75, 3.05) is 10.6 Å². The fraction of sp³-hybridized carbons (Fsp3) is 0.455. The number of hydrogen-bond donors (Lipinski definition) is 3. The van der Waals surface area contributed by atoms with Gasteiger partial charge in [0.15, 0.2) is 5.65 Å². The van der Waals surface area contributed by atoms with Crippen LogP contribution < -0.4 is 16.4 Å². The maximum atomic E-state index is 13.3. The molecular formula is C22H22Cl3F2N7O. The zero-order chi connectivity index (χ0) is 24.9. The van der Waals surface area contributed by atoms with E-state index in [1.54, 1.807) is 18.3 Å². The molecule has 3 aromatic rings. The molecule has 2 aliphatic rings. The number of nitrogens with two attached hydrogens (primary N) is 1. The number of amides is 1. The van der Waals surface area contributed by atoms with Gasteiger partial charge in [-0.3, -0.25) is 9.36 Å². The van der Waals surface area contributed by atoms with Crippen LogP contribution in [0.25, 0.3) is 11.2 Å². The lowest BCUT2D eigenvalue weighted by molar-refractivity contribution is -0.122. The van der Waals surface area contributed by atoms with Crippen LogP contribution in [0.4, 0.5) is 26.4 Å². The average Bonchev–Trinajstić information content (AvgIpc) is 3.12. The van der Waals surface area contributed by atoms with Gasteiger partial charge in [-0.1, -0.05) is 34.8 Å². The highest BCUT2D eigenvalue weighted by Gasteiger charge is 2.45. The highest BCUT2D eigenvalue weighted by atomic mass is 35.5. The Morgan fingerprint density at radius 1 is 1.09 bits per heavy atom. The number of alkyl halides is 2. The number of primary amides is 1. The van der Waals surface area contributed by atoms with Crippen molar-refractivity contribution in [3.63, 3.8) is 0 Å². The van der Waals surface area contributed by atoms with Crippen molar-refractivity contribution in [3.05, 3.63) is 33.4 Å². The Labute approximate surface area is 214 Å². The smallest absolute Gasteiger partial charge is 0.252 e. The van der Waals surface area contributed by atoms with E-state index >= 15 is 0 Å². The van der Waals surface area contributed by atoms with Gasteiger partial charge in [-0.2, -0.15) is 4.98 Å². The third kappa shape index (κ3) is 4.96. The van der Waals surface area contributed by atoms with E-state index in [9.17, 15) is 13.6 Å². The summed E-state index contributed by atoms with van der Waals surface area (Å²) in [6.07, 6.45) is 3.65. The van der Waals surface area contributed by atoms with E-state index in [2.05, 4.69) is 25.6 Å². The van der Waals surface area contributed by atoms with Gasteiger partial charge >= 0.3 is 0 Å². The molecule has 5 rings (SSSR count). The molecule has 0 atom stereocenters. The lowest BCUT2D eigenvalue weighted by atomic mass is 9.85. The number of halogens is 5. The third-order valence-corrected chi connectivity index (χ3v) is 7.38. The number of carbonyl (C=O) groups is 1. The molecule has 0 unspecified atom stereocenters. The molecule has 0 aliphatic heterocycles. The first-order chi connectivity index (χ1) is 16.6. The van der Waals surface area contributed by atoms with Crippen LogP contribution in [-0.4, -0.2) is 37.4 Å². The van der Waals surface area contributed by atoms with E-state index in [0.717, 1.165) is 0 Å². The SMILES string of the molecule is NC(=O)C1CCC(n2c(Nc3c(Cl)cc(Cl)cc3Cl)nc3cnc(NC4CC(F)(F)C4)nc32)CC1. The van der Waals surface area contributed by atoms with Gasteiger partial charge in [-0.05, 0) is 37.8 Å². The molecular weight excluding hydrogens is 523 g/mol. The number of imidazole rings is 1. The van der Waals surface area contributed by atoms with E-state index in [1.807, 2.05) is 4.57 Å². The summed E-state index contributed by atoms with van der Waals surface area (Å²) in [6.45, 7) is 0. The number of carbonyl (C=O) groups excluding carboxylic acids is 1. The molecule has 4 N–H and O–H groups in total. The number of nitrogens with one attached hydrogen (secondary N) is 2. The molecule has 2 fully saturated rings. The minimum Gasteiger partial charge on any atom is -0.369 e. The Hall–Kier alpha value is -2.43. The Bertz CT molecular complexity index is 1260. The van der Waals surface area contributed by atoms with Crippen molar-refractivity contribution >= 4 is 69.5 Å². The highest BCUT2D eigenvalue weighted by molar-refractivity contribution is 6.41. The fourth-order valence-electron chi connectivity index (χ4n) is 4.73. The molecule has 8 nitrogen and oxygen atoms in total. The largest absolute Gasteiger partial charge is 0.369 e.